The lowest BCUT2D eigenvalue weighted by molar-refractivity contribution is -0.0530. The highest BCUT2D eigenvalue weighted by Crippen LogP contribution is 2.34. The van der Waals surface area contributed by atoms with Crippen LogP contribution in [0.15, 0.2) is 0 Å². The van der Waals surface area contributed by atoms with Gasteiger partial charge < -0.3 is 10.1 Å². The standard InChI is InChI=1S/C15H29N5O/c1-4-11-16-13(12-14-17-19-20(2)18-14)15(21-3)9-7-5-6-8-10-15/h13,16H,4-12H2,1-3H3. The molecule has 0 amide bonds. The molecule has 1 aliphatic rings. The number of ether oxygens (including phenoxy) is 1. The van der Waals surface area contributed by atoms with Gasteiger partial charge in [0.25, 0.3) is 0 Å². The zero-order valence-electron chi connectivity index (χ0n) is 13.6. The first kappa shape index (κ1) is 16.4. The molecule has 0 bridgehead atoms. The molecule has 0 aliphatic heterocycles. The molecule has 6 heteroatoms. The summed E-state index contributed by atoms with van der Waals surface area (Å²) in [6.07, 6.45) is 9.24. The Morgan fingerprint density at radius 2 is 2.00 bits per heavy atom. The number of rotatable bonds is 7. The molecule has 0 radical (unpaired) electrons. The van der Waals surface area contributed by atoms with E-state index in [-0.39, 0.29) is 11.6 Å². The Hall–Kier alpha value is -1.01. The maximum Gasteiger partial charge on any atom is 0.176 e. The van der Waals surface area contributed by atoms with E-state index in [1.165, 1.54) is 30.5 Å². The molecule has 1 heterocycles. The first-order chi connectivity index (χ1) is 10.2. The van der Waals surface area contributed by atoms with E-state index in [2.05, 4.69) is 27.7 Å². The average Bonchev–Trinajstić information content (AvgIpc) is 2.76. The molecular weight excluding hydrogens is 266 g/mol. The lowest BCUT2D eigenvalue weighted by Gasteiger charge is -2.39. The van der Waals surface area contributed by atoms with Crippen LogP contribution in [-0.4, -0.2) is 45.5 Å². The molecule has 1 aromatic heterocycles. The van der Waals surface area contributed by atoms with Gasteiger partial charge in [0.1, 0.15) is 0 Å². The minimum Gasteiger partial charge on any atom is -0.377 e. The van der Waals surface area contributed by atoms with Gasteiger partial charge >= 0.3 is 0 Å². The molecule has 1 fully saturated rings. The van der Waals surface area contributed by atoms with Gasteiger partial charge in [-0.15, -0.1) is 10.2 Å². The van der Waals surface area contributed by atoms with Gasteiger partial charge in [0.2, 0.25) is 0 Å². The topological polar surface area (TPSA) is 64.9 Å². The second-order valence-corrected chi connectivity index (χ2v) is 6.09. The van der Waals surface area contributed by atoms with Crippen LogP contribution in [-0.2, 0) is 18.2 Å². The summed E-state index contributed by atoms with van der Waals surface area (Å²) in [6, 6.07) is 0.254. The lowest BCUT2D eigenvalue weighted by Crippen LogP contribution is -2.53. The molecule has 0 spiro atoms. The lowest BCUT2D eigenvalue weighted by atomic mass is 9.84. The molecule has 1 N–H and O–H groups in total. The molecule has 120 valence electrons. The van der Waals surface area contributed by atoms with E-state index in [1.54, 1.807) is 0 Å². The van der Waals surface area contributed by atoms with Gasteiger partial charge in [-0.25, -0.2) is 0 Å². The van der Waals surface area contributed by atoms with Crippen molar-refractivity contribution in [1.82, 2.24) is 25.5 Å². The number of aryl methyl sites for hydroxylation is 1. The van der Waals surface area contributed by atoms with Crippen LogP contribution in [0.25, 0.3) is 0 Å². The quantitative estimate of drug-likeness (QED) is 0.778. The molecule has 6 nitrogen and oxygen atoms in total. The molecule has 1 saturated carbocycles. The highest BCUT2D eigenvalue weighted by atomic mass is 16.5. The van der Waals surface area contributed by atoms with Gasteiger partial charge in [0, 0.05) is 19.6 Å². The SMILES string of the molecule is CCCNC(Cc1nnn(C)n1)C1(OC)CCCCCC1. The molecule has 1 aliphatic carbocycles. The summed E-state index contributed by atoms with van der Waals surface area (Å²) in [6.45, 7) is 3.19. The van der Waals surface area contributed by atoms with Gasteiger partial charge in [0.05, 0.1) is 12.6 Å². The third kappa shape index (κ3) is 4.23. The number of aromatic nitrogens is 4. The molecule has 1 unspecified atom stereocenters. The van der Waals surface area contributed by atoms with Gasteiger partial charge in [-0.05, 0) is 31.0 Å². The van der Waals surface area contributed by atoms with Crippen molar-refractivity contribution in [2.45, 2.75) is 69.9 Å². The Balaban J connectivity index is 2.14. The van der Waals surface area contributed by atoms with Gasteiger partial charge in [-0.2, -0.15) is 4.80 Å². The number of methoxy groups -OCH3 is 1. The van der Waals surface area contributed by atoms with E-state index >= 15 is 0 Å². The Labute approximate surface area is 127 Å². The van der Waals surface area contributed by atoms with Crippen LogP contribution in [0.4, 0.5) is 0 Å². The predicted molar refractivity (Wildman–Crippen MR) is 82.0 cm³/mol. The van der Waals surface area contributed by atoms with Crippen LogP contribution in [0.1, 0.15) is 57.7 Å². The molecular formula is C15H29N5O. The van der Waals surface area contributed by atoms with Crippen molar-refractivity contribution in [2.75, 3.05) is 13.7 Å². The van der Waals surface area contributed by atoms with E-state index in [9.17, 15) is 0 Å². The highest BCUT2D eigenvalue weighted by Gasteiger charge is 2.39. The average molecular weight is 295 g/mol. The summed E-state index contributed by atoms with van der Waals surface area (Å²) < 4.78 is 6.05. The fraction of sp³-hybridized carbons (Fsp3) is 0.933. The zero-order valence-corrected chi connectivity index (χ0v) is 13.6. The Morgan fingerprint density at radius 1 is 1.29 bits per heavy atom. The number of hydrogen-bond donors (Lipinski definition) is 1. The molecule has 1 aromatic rings. The van der Waals surface area contributed by atoms with Crippen LogP contribution in [0.2, 0.25) is 0 Å². The summed E-state index contributed by atoms with van der Waals surface area (Å²) in [4.78, 5) is 1.53. The first-order valence-electron chi connectivity index (χ1n) is 8.21. The largest absolute Gasteiger partial charge is 0.377 e. The normalized spacial score (nSPS) is 20.1. The summed E-state index contributed by atoms with van der Waals surface area (Å²) in [5.74, 6) is 0.798. The molecule has 0 aromatic carbocycles. The molecule has 1 atom stereocenters. The first-order valence-corrected chi connectivity index (χ1v) is 8.21. The number of tetrazole rings is 1. The van der Waals surface area contributed by atoms with E-state index in [1.807, 2.05) is 14.2 Å². The fourth-order valence-corrected chi connectivity index (χ4v) is 3.37. The van der Waals surface area contributed by atoms with Crippen LogP contribution in [0.5, 0.6) is 0 Å². The summed E-state index contributed by atoms with van der Waals surface area (Å²) >= 11 is 0. The molecule has 0 saturated heterocycles. The van der Waals surface area contributed by atoms with Crippen LogP contribution < -0.4 is 5.32 Å². The molecule has 21 heavy (non-hydrogen) atoms. The second-order valence-electron chi connectivity index (χ2n) is 6.09. The van der Waals surface area contributed by atoms with E-state index in [0.29, 0.717) is 0 Å². The van der Waals surface area contributed by atoms with Crippen molar-refractivity contribution in [3.63, 3.8) is 0 Å². The third-order valence-corrected chi connectivity index (χ3v) is 4.57. The minimum atomic E-state index is -0.0924. The van der Waals surface area contributed by atoms with E-state index in [4.69, 9.17) is 4.74 Å². The fourth-order valence-electron chi connectivity index (χ4n) is 3.37. The van der Waals surface area contributed by atoms with Crippen LogP contribution in [0.3, 0.4) is 0 Å². The van der Waals surface area contributed by atoms with Crippen molar-refractivity contribution < 1.29 is 4.74 Å². The monoisotopic (exact) mass is 295 g/mol. The summed E-state index contributed by atoms with van der Waals surface area (Å²) in [7, 11) is 3.67. The van der Waals surface area contributed by atoms with Crippen LogP contribution >= 0.6 is 0 Å². The number of hydrogen-bond acceptors (Lipinski definition) is 5. The predicted octanol–water partition coefficient (Wildman–Crippen LogP) is 1.86. The van der Waals surface area contributed by atoms with Crippen molar-refractivity contribution in [3.05, 3.63) is 5.82 Å². The summed E-state index contributed by atoms with van der Waals surface area (Å²) in [5, 5.41) is 16.1. The maximum absolute atomic E-state index is 6.05. The Morgan fingerprint density at radius 3 is 2.52 bits per heavy atom. The second kappa shape index (κ2) is 7.84. The minimum absolute atomic E-state index is 0.0924. The number of nitrogens with one attached hydrogen (secondary N) is 1. The highest BCUT2D eigenvalue weighted by molar-refractivity contribution is 4.99. The van der Waals surface area contributed by atoms with Crippen molar-refractivity contribution in [2.24, 2.45) is 7.05 Å². The van der Waals surface area contributed by atoms with E-state index < -0.39 is 0 Å². The van der Waals surface area contributed by atoms with Gasteiger partial charge in [-0.3, -0.25) is 0 Å². The number of nitrogens with zero attached hydrogens (tertiary/aromatic N) is 4. The van der Waals surface area contributed by atoms with E-state index in [0.717, 1.165) is 38.1 Å². The molecule has 2 rings (SSSR count). The Bertz CT molecular complexity index is 412. The van der Waals surface area contributed by atoms with Crippen molar-refractivity contribution in [3.8, 4) is 0 Å². The smallest absolute Gasteiger partial charge is 0.176 e. The van der Waals surface area contributed by atoms with Gasteiger partial charge in [-0.1, -0.05) is 32.6 Å². The van der Waals surface area contributed by atoms with Crippen molar-refractivity contribution in [1.29, 1.82) is 0 Å². The van der Waals surface area contributed by atoms with Gasteiger partial charge in [0.15, 0.2) is 5.82 Å². The van der Waals surface area contributed by atoms with Crippen LogP contribution in [0, 0.1) is 0 Å². The Kier molecular flexibility index (Phi) is 6.11. The van der Waals surface area contributed by atoms with Crippen molar-refractivity contribution >= 4 is 0 Å². The maximum atomic E-state index is 6.05. The summed E-state index contributed by atoms with van der Waals surface area (Å²) in [5.41, 5.74) is -0.0924. The third-order valence-electron chi connectivity index (χ3n) is 4.57. The zero-order chi connectivity index (χ0) is 15.1.